The largest absolute Gasteiger partial charge is 0.493 e. The van der Waals surface area contributed by atoms with Gasteiger partial charge in [-0.05, 0) is 36.6 Å². The summed E-state index contributed by atoms with van der Waals surface area (Å²) < 4.78 is 5.47. The number of carbonyl (C=O) groups is 2. The summed E-state index contributed by atoms with van der Waals surface area (Å²) in [6.45, 7) is 3.47. The minimum Gasteiger partial charge on any atom is -0.493 e. The molecule has 1 aliphatic heterocycles. The van der Waals surface area contributed by atoms with Crippen LogP contribution in [-0.2, 0) is 22.4 Å². The maximum atomic E-state index is 12.2. The highest BCUT2D eigenvalue weighted by Crippen LogP contribution is 2.27. The Bertz CT molecular complexity index is 625. The number of amides is 1. The predicted octanol–water partition coefficient (Wildman–Crippen LogP) is 1.22. The Kier molecular flexibility index (Phi) is 5.04. The van der Waals surface area contributed by atoms with Gasteiger partial charge in [-0.3, -0.25) is 14.5 Å². The second-order valence-electron chi connectivity index (χ2n) is 6.56. The highest BCUT2D eigenvalue weighted by molar-refractivity contribution is 5.79. The van der Waals surface area contributed by atoms with E-state index in [9.17, 15) is 9.59 Å². The number of nitrogens with one attached hydrogen (secondary N) is 1. The molecular formula is C18H24N2O4. The number of ether oxygens (including phenoxy) is 1. The zero-order chi connectivity index (χ0) is 17.1. The molecule has 0 radical (unpaired) electrons. The van der Waals surface area contributed by atoms with Crippen molar-refractivity contribution in [1.82, 2.24) is 10.2 Å². The van der Waals surface area contributed by atoms with E-state index in [1.54, 1.807) is 0 Å². The zero-order valence-electron chi connectivity index (χ0n) is 14.0. The van der Waals surface area contributed by atoms with Crippen molar-refractivity contribution in [2.75, 3.05) is 19.7 Å². The molecule has 1 amide bonds. The van der Waals surface area contributed by atoms with Gasteiger partial charge in [-0.15, -0.1) is 0 Å². The molecule has 1 heterocycles. The van der Waals surface area contributed by atoms with Crippen LogP contribution in [0, 0.1) is 0 Å². The molecule has 1 fully saturated rings. The van der Waals surface area contributed by atoms with E-state index in [4.69, 9.17) is 9.84 Å². The van der Waals surface area contributed by atoms with Crippen molar-refractivity contribution in [3.8, 4) is 5.75 Å². The first-order chi connectivity index (χ1) is 11.5. The van der Waals surface area contributed by atoms with Crippen LogP contribution in [0.1, 0.15) is 30.9 Å². The van der Waals surface area contributed by atoms with E-state index >= 15 is 0 Å². The van der Waals surface area contributed by atoms with Gasteiger partial charge in [0.05, 0.1) is 19.6 Å². The Balaban J connectivity index is 1.44. The van der Waals surface area contributed by atoms with Crippen LogP contribution in [0.25, 0.3) is 0 Å². The molecule has 0 aromatic heterocycles. The number of carboxylic acids is 1. The van der Waals surface area contributed by atoms with Gasteiger partial charge in [0.25, 0.3) is 0 Å². The Hall–Kier alpha value is -2.08. The molecule has 1 aromatic carbocycles. The predicted molar refractivity (Wildman–Crippen MR) is 89.2 cm³/mol. The second kappa shape index (κ2) is 7.21. The molecule has 0 unspecified atom stereocenters. The molecule has 130 valence electrons. The average molecular weight is 332 g/mol. The lowest BCUT2D eigenvalue weighted by Gasteiger charge is -2.42. The molecule has 1 aliphatic carbocycles. The Morgan fingerprint density at radius 3 is 2.88 bits per heavy atom. The number of nitrogens with zero attached hydrogens (tertiary/aromatic N) is 1. The molecule has 0 saturated heterocycles. The van der Waals surface area contributed by atoms with Crippen LogP contribution < -0.4 is 10.1 Å². The first-order valence-corrected chi connectivity index (χ1v) is 8.55. The van der Waals surface area contributed by atoms with Gasteiger partial charge < -0.3 is 15.2 Å². The first-order valence-electron chi connectivity index (χ1n) is 8.55. The Morgan fingerprint density at radius 1 is 1.38 bits per heavy atom. The monoisotopic (exact) mass is 332 g/mol. The van der Waals surface area contributed by atoms with E-state index in [1.807, 2.05) is 24.0 Å². The lowest BCUT2D eigenvalue weighted by molar-refractivity contribution is -0.139. The molecule has 0 bridgehead atoms. The van der Waals surface area contributed by atoms with Crippen LogP contribution in [0.4, 0.5) is 0 Å². The molecule has 3 rings (SSSR count). The van der Waals surface area contributed by atoms with E-state index in [2.05, 4.69) is 11.4 Å². The van der Waals surface area contributed by atoms with Gasteiger partial charge >= 0.3 is 5.97 Å². The van der Waals surface area contributed by atoms with Crippen molar-refractivity contribution in [3.63, 3.8) is 0 Å². The summed E-state index contributed by atoms with van der Waals surface area (Å²) in [6.07, 6.45) is 2.93. The van der Waals surface area contributed by atoms with Gasteiger partial charge in [0.1, 0.15) is 5.75 Å². The van der Waals surface area contributed by atoms with Gasteiger partial charge in [-0.1, -0.05) is 19.1 Å². The summed E-state index contributed by atoms with van der Waals surface area (Å²) in [4.78, 5) is 25.0. The lowest BCUT2D eigenvalue weighted by atomic mass is 9.85. The maximum absolute atomic E-state index is 12.2. The van der Waals surface area contributed by atoms with Gasteiger partial charge in [0.15, 0.2) is 0 Å². The summed E-state index contributed by atoms with van der Waals surface area (Å²) in [6, 6.07) is 6.35. The van der Waals surface area contributed by atoms with Crippen LogP contribution in [0.2, 0.25) is 0 Å². The number of aliphatic carboxylic acids is 1. The number of benzene rings is 1. The van der Waals surface area contributed by atoms with Crippen molar-refractivity contribution in [2.24, 2.45) is 0 Å². The Labute approximate surface area is 141 Å². The number of carbonyl (C=O) groups excluding carboxylic acids is 1. The molecule has 0 spiro atoms. The van der Waals surface area contributed by atoms with Crippen LogP contribution in [0.5, 0.6) is 5.75 Å². The van der Waals surface area contributed by atoms with Crippen LogP contribution >= 0.6 is 0 Å². The third-order valence-electron chi connectivity index (χ3n) is 4.86. The molecule has 24 heavy (non-hydrogen) atoms. The second-order valence-corrected chi connectivity index (χ2v) is 6.56. The fraction of sp³-hybridized carbons (Fsp3) is 0.556. The van der Waals surface area contributed by atoms with Crippen molar-refractivity contribution >= 4 is 11.9 Å². The summed E-state index contributed by atoms with van der Waals surface area (Å²) in [7, 11) is 0. The van der Waals surface area contributed by atoms with E-state index in [0.717, 1.165) is 43.7 Å². The van der Waals surface area contributed by atoms with Crippen molar-refractivity contribution in [2.45, 2.75) is 44.7 Å². The molecule has 1 saturated carbocycles. The molecule has 6 heteroatoms. The van der Waals surface area contributed by atoms with Crippen LogP contribution in [0.3, 0.4) is 0 Å². The van der Waals surface area contributed by atoms with Gasteiger partial charge in [0, 0.05) is 18.5 Å². The number of hydrogen-bond acceptors (Lipinski definition) is 4. The van der Waals surface area contributed by atoms with Gasteiger partial charge in [-0.25, -0.2) is 0 Å². The van der Waals surface area contributed by atoms with E-state index in [-0.39, 0.29) is 24.5 Å². The third kappa shape index (κ3) is 3.87. The standard InChI is InChI=1S/C18H24N2O4/c1-2-20(11-18(22)23)15-9-14(10-15)19-17(21)8-12-3-4-16-13(7-12)5-6-24-16/h3-4,7,14-15H,2,5-6,8-11H2,1H3,(H,19,21)(H,22,23). The maximum Gasteiger partial charge on any atom is 0.317 e. The first kappa shape index (κ1) is 16.8. The van der Waals surface area contributed by atoms with Crippen LogP contribution in [-0.4, -0.2) is 53.7 Å². The molecule has 0 atom stereocenters. The summed E-state index contributed by atoms with van der Waals surface area (Å²) >= 11 is 0. The molecule has 1 aromatic rings. The normalized spacial score (nSPS) is 21.8. The topological polar surface area (TPSA) is 78.9 Å². The highest BCUT2D eigenvalue weighted by atomic mass is 16.5. The highest BCUT2D eigenvalue weighted by Gasteiger charge is 2.34. The quantitative estimate of drug-likeness (QED) is 0.785. The number of likely N-dealkylation sites (N-methyl/N-ethyl adjacent to an activating group) is 1. The van der Waals surface area contributed by atoms with E-state index < -0.39 is 5.97 Å². The number of rotatable bonds is 7. The summed E-state index contributed by atoms with van der Waals surface area (Å²) in [5.74, 6) is 0.155. The fourth-order valence-corrected chi connectivity index (χ4v) is 3.49. The lowest BCUT2D eigenvalue weighted by Crippen LogP contribution is -2.55. The molecule has 6 nitrogen and oxygen atoms in total. The summed E-state index contributed by atoms with van der Waals surface area (Å²) in [5.41, 5.74) is 2.19. The van der Waals surface area contributed by atoms with Crippen molar-refractivity contribution in [3.05, 3.63) is 29.3 Å². The SMILES string of the molecule is CCN(CC(=O)O)C1CC(NC(=O)Cc2ccc3c(c2)CCO3)C1. The number of hydrogen-bond donors (Lipinski definition) is 2. The van der Waals surface area contributed by atoms with Crippen LogP contribution in [0.15, 0.2) is 18.2 Å². The van der Waals surface area contributed by atoms with Gasteiger partial charge in [0.2, 0.25) is 5.91 Å². The van der Waals surface area contributed by atoms with E-state index in [0.29, 0.717) is 6.42 Å². The zero-order valence-corrected chi connectivity index (χ0v) is 14.0. The third-order valence-corrected chi connectivity index (χ3v) is 4.86. The minimum absolute atomic E-state index is 0.0265. The molecule has 2 N–H and O–H groups in total. The molecular weight excluding hydrogens is 308 g/mol. The fourth-order valence-electron chi connectivity index (χ4n) is 3.49. The van der Waals surface area contributed by atoms with Crippen molar-refractivity contribution < 1.29 is 19.4 Å². The van der Waals surface area contributed by atoms with Crippen molar-refractivity contribution in [1.29, 1.82) is 0 Å². The number of carboxylic acid groups (broad SMARTS) is 1. The number of fused-ring (bicyclic) bond motifs is 1. The van der Waals surface area contributed by atoms with E-state index in [1.165, 1.54) is 5.56 Å². The smallest absolute Gasteiger partial charge is 0.317 e. The minimum atomic E-state index is -0.801. The Morgan fingerprint density at radius 2 is 2.17 bits per heavy atom. The molecule has 2 aliphatic rings. The van der Waals surface area contributed by atoms with Gasteiger partial charge in [-0.2, -0.15) is 0 Å². The summed E-state index contributed by atoms with van der Waals surface area (Å²) in [5, 5.41) is 12.0. The average Bonchev–Trinajstić information content (AvgIpc) is 2.96.